The molecule has 1 aromatic heterocycles. The number of fused-ring (bicyclic) bond motifs is 1. The Balaban J connectivity index is 1.51. The fourth-order valence-electron chi connectivity index (χ4n) is 4.74. The number of nitrogens with two attached hydrogens (primary N) is 1. The molecule has 2 heterocycles. The van der Waals surface area contributed by atoms with Crippen LogP contribution in [0.1, 0.15) is 52.9 Å². The summed E-state index contributed by atoms with van der Waals surface area (Å²) in [5, 5.41) is 13.2. The molecule has 1 aliphatic heterocycles. The van der Waals surface area contributed by atoms with Crippen LogP contribution in [0.5, 0.6) is 5.75 Å². The second-order valence-electron chi connectivity index (χ2n) is 10.6. The van der Waals surface area contributed by atoms with Crippen molar-refractivity contribution in [3.63, 3.8) is 0 Å². The third-order valence-corrected chi connectivity index (χ3v) is 7.76. The molecule has 2 atom stereocenters. The van der Waals surface area contributed by atoms with Gasteiger partial charge < -0.3 is 26.5 Å². The Hall–Kier alpha value is -4.19. The quantitative estimate of drug-likeness (QED) is 0.194. The monoisotopic (exact) mass is 603 g/mol. The van der Waals surface area contributed by atoms with Gasteiger partial charge in [-0.15, -0.1) is 0 Å². The molecule has 5 rings (SSSR count). The number of carbonyl (C=O) groups excluding carboxylic acids is 2. The van der Waals surface area contributed by atoms with Gasteiger partial charge in [-0.1, -0.05) is 11.6 Å². The van der Waals surface area contributed by atoms with Crippen LogP contribution in [0, 0.1) is 11.2 Å². The number of pyridine rings is 1. The number of nitrogens with zero attached hydrogens (tertiary/aromatic N) is 1. The molecule has 8 nitrogen and oxygen atoms in total. The van der Waals surface area contributed by atoms with Gasteiger partial charge in [0.25, 0.3) is 5.91 Å². The zero-order valence-electron chi connectivity index (χ0n) is 22.2. The van der Waals surface area contributed by atoms with Gasteiger partial charge in [-0.25, -0.2) is 9.37 Å². The highest BCUT2D eigenvalue weighted by Gasteiger charge is 2.47. The molecule has 2 amide bonds. The lowest BCUT2D eigenvalue weighted by Gasteiger charge is -2.24. The van der Waals surface area contributed by atoms with Crippen molar-refractivity contribution in [3.8, 4) is 17.0 Å². The fraction of sp³-hybridized carbons (Fsp3) is 0.310. The molecule has 3 aromatic rings. The number of primary amides is 1. The van der Waals surface area contributed by atoms with E-state index >= 15 is 0 Å². The van der Waals surface area contributed by atoms with Gasteiger partial charge in [-0.05, 0) is 62.2 Å². The molecule has 2 aliphatic rings. The van der Waals surface area contributed by atoms with Gasteiger partial charge >= 0.3 is 6.18 Å². The van der Waals surface area contributed by atoms with Crippen LogP contribution in [0.3, 0.4) is 0 Å². The van der Waals surface area contributed by atoms with E-state index in [0.29, 0.717) is 11.3 Å². The van der Waals surface area contributed by atoms with E-state index in [4.69, 9.17) is 27.5 Å². The van der Waals surface area contributed by atoms with Crippen LogP contribution in [0.4, 0.5) is 23.2 Å². The lowest BCUT2D eigenvalue weighted by atomic mass is 9.82. The summed E-state index contributed by atoms with van der Waals surface area (Å²) in [5.74, 6) is -4.39. The Morgan fingerprint density at radius 3 is 2.52 bits per heavy atom. The molecule has 1 fully saturated rings. The molecule has 0 unspecified atom stereocenters. The minimum atomic E-state index is -4.86. The van der Waals surface area contributed by atoms with E-state index in [1.54, 1.807) is 0 Å². The van der Waals surface area contributed by atoms with Gasteiger partial charge in [0.05, 0.1) is 10.7 Å². The molecule has 42 heavy (non-hydrogen) atoms. The number of rotatable bonds is 9. The highest BCUT2D eigenvalue weighted by Crippen LogP contribution is 2.46. The van der Waals surface area contributed by atoms with Crippen LogP contribution in [0.2, 0.25) is 5.02 Å². The number of benzene rings is 2. The molecule has 0 saturated heterocycles. The van der Waals surface area contributed by atoms with Crippen molar-refractivity contribution in [3.05, 3.63) is 75.7 Å². The van der Waals surface area contributed by atoms with Crippen molar-refractivity contribution in [2.24, 2.45) is 5.73 Å². The first-order valence-corrected chi connectivity index (χ1v) is 13.4. The Morgan fingerprint density at radius 2 is 1.93 bits per heavy atom. The number of hydrogen-bond acceptors (Lipinski definition) is 6. The highest BCUT2D eigenvalue weighted by molar-refractivity contribution is 6.34. The molecule has 220 valence electrons. The van der Waals surface area contributed by atoms with Crippen LogP contribution >= 0.6 is 11.6 Å². The average Bonchev–Trinajstić information content (AvgIpc) is 3.68. The number of nitrogens with one attached hydrogen (secondary N) is 3. The number of carbonyl (C=O) groups is 2. The van der Waals surface area contributed by atoms with Crippen molar-refractivity contribution in [1.29, 1.82) is 5.41 Å². The van der Waals surface area contributed by atoms with Crippen LogP contribution in [-0.4, -0.2) is 48.4 Å². The molecule has 0 radical (unpaired) electrons. The van der Waals surface area contributed by atoms with Crippen molar-refractivity contribution in [1.82, 2.24) is 10.3 Å². The van der Waals surface area contributed by atoms with Gasteiger partial charge in [-0.2, -0.15) is 13.2 Å². The average molecular weight is 604 g/mol. The molecule has 2 aromatic carbocycles. The minimum absolute atomic E-state index is 0.0123. The molecule has 1 saturated carbocycles. The molecular formula is C29H26ClF4N5O3. The van der Waals surface area contributed by atoms with Gasteiger partial charge in [0.15, 0.2) is 0 Å². The standard InChI is InChI=1S/C29H26ClF4N5O3/c1-28(27(36)41)13-42-25-19(28)10-23(39-24(25)14-2-4-16(31)5-3-14)20(29(32,33)34)12-37-26(40)15-8-21(30)18(11-35)22(9-15)38-17-6-7-17/h2-5,8-11,17,20,35,38H,6-7,12-13H2,1H3,(H2,36,41)(H,37,40)/t20-,28+/m1/s1. The highest BCUT2D eigenvalue weighted by atomic mass is 35.5. The summed E-state index contributed by atoms with van der Waals surface area (Å²) >= 11 is 6.27. The topological polar surface area (TPSA) is 130 Å². The largest absolute Gasteiger partial charge is 0.489 e. The number of amides is 2. The molecule has 13 heteroatoms. The Labute approximate surface area is 243 Å². The maximum atomic E-state index is 14.5. The Bertz CT molecular complexity index is 1580. The van der Waals surface area contributed by atoms with Crippen LogP contribution in [0.15, 0.2) is 42.5 Å². The lowest BCUT2D eigenvalue weighted by molar-refractivity contribution is -0.149. The first kappa shape index (κ1) is 29.3. The zero-order valence-corrected chi connectivity index (χ0v) is 23.0. The zero-order chi connectivity index (χ0) is 30.4. The summed E-state index contributed by atoms with van der Waals surface area (Å²) in [5.41, 5.74) is 4.87. The van der Waals surface area contributed by atoms with E-state index in [2.05, 4.69) is 15.6 Å². The van der Waals surface area contributed by atoms with Crippen molar-refractivity contribution in [2.75, 3.05) is 18.5 Å². The van der Waals surface area contributed by atoms with E-state index in [1.165, 1.54) is 31.2 Å². The second kappa shape index (κ2) is 10.9. The molecule has 0 spiro atoms. The summed E-state index contributed by atoms with van der Waals surface area (Å²) < 4.78 is 62.8. The van der Waals surface area contributed by atoms with Gasteiger partial charge in [-0.3, -0.25) is 9.59 Å². The molecular weight excluding hydrogens is 578 g/mol. The third-order valence-electron chi connectivity index (χ3n) is 7.45. The number of alkyl halides is 3. The SMILES string of the molecule is C[C@]1(C(N)=O)COc2c1cc([C@@H](CNC(=O)c1cc(Cl)c(C=N)c(NC3CC3)c1)C(F)(F)F)nc2-c1ccc(F)cc1. The van der Waals surface area contributed by atoms with E-state index in [-0.39, 0.29) is 45.8 Å². The Morgan fingerprint density at radius 1 is 1.24 bits per heavy atom. The predicted octanol–water partition coefficient (Wildman–Crippen LogP) is 5.32. The maximum absolute atomic E-state index is 14.5. The fourth-order valence-corrected chi connectivity index (χ4v) is 5.01. The number of halogens is 5. The van der Waals surface area contributed by atoms with Crippen LogP contribution < -0.4 is 21.1 Å². The van der Waals surface area contributed by atoms with Crippen molar-refractivity contribution in [2.45, 2.75) is 43.3 Å². The lowest BCUT2D eigenvalue weighted by Crippen LogP contribution is -2.40. The normalized spacial score (nSPS) is 18.5. The predicted molar refractivity (Wildman–Crippen MR) is 149 cm³/mol. The van der Waals surface area contributed by atoms with Crippen LogP contribution in [-0.2, 0) is 10.2 Å². The first-order valence-electron chi connectivity index (χ1n) is 13.0. The van der Waals surface area contributed by atoms with Crippen LogP contribution in [0.25, 0.3) is 11.3 Å². The summed E-state index contributed by atoms with van der Waals surface area (Å²) in [6.07, 6.45) is -2.01. The van der Waals surface area contributed by atoms with Gasteiger partial charge in [0, 0.05) is 46.7 Å². The van der Waals surface area contributed by atoms with E-state index < -0.39 is 47.4 Å². The smallest absolute Gasteiger partial charge is 0.398 e. The maximum Gasteiger partial charge on any atom is 0.398 e. The number of hydrogen-bond donors (Lipinski definition) is 4. The number of anilines is 1. The summed E-state index contributed by atoms with van der Waals surface area (Å²) in [4.78, 5) is 29.7. The number of aromatic nitrogens is 1. The number of ether oxygens (including phenoxy) is 1. The second-order valence-corrected chi connectivity index (χ2v) is 11.0. The van der Waals surface area contributed by atoms with Crippen molar-refractivity contribution < 1.29 is 31.9 Å². The third kappa shape index (κ3) is 5.63. The van der Waals surface area contributed by atoms with E-state index in [1.807, 2.05) is 0 Å². The Kier molecular flexibility index (Phi) is 7.61. The first-order chi connectivity index (χ1) is 19.8. The summed E-state index contributed by atoms with van der Waals surface area (Å²) in [6, 6.07) is 8.95. The minimum Gasteiger partial charge on any atom is -0.489 e. The van der Waals surface area contributed by atoms with E-state index in [0.717, 1.165) is 37.3 Å². The molecule has 5 N–H and O–H groups in total. The van der Waals surface area contributed by atoms with E-state index in [9.17, 15) is 27.2 Å². The van der Waals surface area contributed by atoms with Gasteiger partial charge in [0.1, 0.15) is 35.2 Å². The van der Waals surface area contributed by atoms with Gasteiger partial charge in [0.2, 0.25) is 5.91 Å². The summed E-state index contributed by atoms with van der Waals surface area (Å²) in [7, 11) is 0. The summed E-state index contributed by atoms with van der Waals surface area (Å²) in [6.45, 7) is 0.354. The molecule has 1 aliphatic carbocycles. The molecule has 0 bridgehead atoms. The van der Waals surface area contributed by atoms with Crippen molar-refractivity contribution >= 4 is 35.3 Å².